The van der Waals surface area contributed by atoms with E-state index in [1.807, 2.05) is 39.5 Å². The number of hydrogen-bond acceptors (Lipinski definition) is 13. The molecule has 4 aliphatic heterocycles. The molecular formula is C63H101N5O10. The third-order valence-corrected chi connectivity index (χ3v) is 19.1. The van der Waals surface area contributed by atoms with Gasteiger partial charge in [-0.1, -0.05) is 68.2 Å². The average Bonchev–Trinajstić information content (AvgIpc) is 3.97. The Morgan fingerprint density at radius 1 is 0.782 bits per heavy atom. The van der Waals surface area contributed by atoms with E-state index in [-0.39, 0.29) is 78.7 Å². The quantitative estimate of drug-likeness (QED) is 0.0796. The van der Waals surface area contributed by atoms with E-state index in [0.29, 0.717) is 43.7 Å². The number of ether oxygens (including phenoxy) is 5. The molecule has 15 nitrogen and oxygen atoms in total. The minimum Gasteiger partial charge on any atom is -0.493 e. The lowest BCUT2D eigenvalue weighted by molar-refractivity contribution is -0.146. The number of amides is 2. The number of aliphatic hydroxyl groups is 1. The number of likely N-dealkylation sites (N-methyl/N-ethyl adjacent to an activating group) is 1. The van der Waals surface area contributed by atoms with E-state index in [4.69, 9.17) is 23.7 Å². The largest absolute Gasteiger partial charge is 0.493 e. The Morgan fingerprint density at radius 3 is 1.96 bits per heavy atom. The molecule has 2 fully saturated rings. The van der Waals surface area contributed by atoms with Crippen molar-refractivity contribution in [3.8, 4) is 23.0 Å². The van der Waals surface area contributed by atoms with Gasteiger partial charge in [0.25, 0.3) is 0 Å². The number of piperidine rings is 1. The second-order valence-corrected chi connectivity index (χ2v) is 24.1. The summed E-state index contributed by atoms with van der Waals surface area (Å²) < 4.78 is 29.5. The Balaban J connectivity index is 1.15. The van der Waals surface area contributed by atoms with E-state index in [9.17, 15) is 24.3 Å². The summed E-state index contributed by atoms with van der Waals surface area (Å²) in [7, 11) is 12.0. The number of benzene rings is 2. The summed E-state index contributed by atoms with van der Waals surface area (Å²) >= 11 is 0. The molecule has 2 aromatic rings. The van der Waals surface area contributed by atoms with Crippen molar-refractivity contribution in [2.75, 3.05) is 89.0 Å². The molecule has 2 saturated heterocycles. The van der Waals surface area contributed by atoms with Gasteiger partial charge in [0, 0.05) is 102 Å². The molecule has 0 aromatic heterocycles. The Labute approximate surface area is 469 Å². The van der Waals surface area contributed by atoms with Crippen LogP contribution in [0.15, 0.2) is 24.3 Å². The average molecular weight is 1090 g/mol. The Morgan fingerprint density at radius 2 is 1.40 bits per heavy atom. The van der Waals surface area contributed by atoms with Crippen LogP contribution in [0.1, 0.15) is 154 Å². The van der Waals surface area contributed by atoms with Crippen molar-refractivity contribution in [2.45, 2.75) is 169 Å². The van der Waals surface area contributed by atoms with Crippen molar-refractivity contribution in [3.05, 3.63) is 46.5 Å². The van der Waals surface area contributed by atoms with Gasteiger partial charge < -0.3 is 43.9 Å². The molecular weight excluding hydrogens is 987 g/mol. The van der Waals surface area contributed by atoms with Crippen LogP contribution in [0.4, 0.5) is 0 Å². The third kappa shape index (κ3) is 14.1. The first-order valence-electron chi connectivity index (χ1n) is 29.7. The molecule has 0 spiro atoms. The van der Waals surface area contributed by atoms with Crippen LogP contribution < -0.4 is 24.3 Å². The molecule has 12 atom stereocenters. The smallest absolute Gasteiger partial charge is 0.226 e. The maximum absolute atomic E-state index is 14.6. The standard InChI is InChI=1S/C63H101N5O10/c1-16-40(7)61(65(10)63(73)47(38(3)4)33-54(71)60(64-9)39(5)6)46(37-69)32-59(72)68-25-18-20-50(68)62(78-15)41(8)53(70)21-19-24-66-26-22-43-30-55(74-11)57(76-13)34-48(43)51(66)28-45-29-52-49-35-58(77-14)56(75-12)31-44(49)23-27-67(52)36-42(45)17-2/h30-31,34-35,38-42,45-47,50-52,60-62,64,69H,16-29,32-33,36-37H2,1-15H3/t40-,41-,42-,45-,46-,47-,50?,51+,52?,60-,61-,62+/m0/s1. The zero-order chi connectivity index (χ0) is 57.1. The highest BCUT2D eigenvalue weighted by Gasteiger charge is 2.45. The number of carbonyl (C=O) groups is 4. The van der Waals surface area contributed by atoms with Crippen molar-refractivity contribution in [1.29, 1.82) is 0 Å². The maximum atomic E-state index is 14.6. The number of hydrogen-bond donors (Lipinski definition) is 2. The first-order chi connectivity index (χ1) is 37.3. The van der Waals surface area contributed by atoms with E-state index >= 15 is 0 Å². The Kier molecular flexibility index (Phi) is 23.3. The van der Waals surface area contributed by atoms with Gasteiger partial charge in [-0.3, -0.25) is 29.0 Å². The second kappa shape index (κ2) is 28.9. The van der Waals surface area contributed by atoms with Gasteiger partial charge in [-0.15, -0.1) is 0 Å². The topological polar surface area (TPSA) is 160 Å². The summed E-state index contributed by atoms with van der Waals surface area (Å²) in [5.74, 6) is 2.38. The van der Waals surface area contributed by atoms with Crippen LogP contribution in [0.5, 0.6) is 23.0 Å². The SMILES string of the molecule is CC[C@H]1CN2CCc3cc(OC)c(OC)cc3C2C[C@@H]1C[C@@H]1c2cc(OC)c(OC)cc2CCN1CCCC(=O)[C@H](C)[C@@H](OC)C1CCCN1C(=O)C[C@@H](CO)[C@H]([C@@H](C)CC)N(C)C(=O)[C@@H](CC(=O)[C@@H](NC)C(C)C)C(C)C. The minimum atomic E-state index is -0.538. The fourth-order valence-electron chi connectivity index (χ4n) is 14.4. The fraction of sp³-hybridized carbons (Fsp3) is 0.746. The number of aliphatic hydroxyl groups excluding tert-OH is 1. The van der Waals surface area contributed by atoms with Crippen LogP contribution >= 0.6 is 0 Å². The van der Waals surface area contributed by atoms with Crippen LogP contribution in [0.3, 0.4) is 0 Å². The summed E-state index contributed by atoms with van der Waals surface area (Å²) in [6, 6.07) is 8.11. The summed E-state index contributed by atoms with van der Waals surface area (Å²) in [6.07, 6.45) is 8.01. The van der Waals surface area contributed by atoms with Crippen LogP contribution in [-0.4, -0.2) is 161 Å². The van der Waals surface area contributed by atoms with Crippen molar-refractivity contribution in [3.63, 3.8) is 0 Å². The van der Waals surface area contributed by atoms with Gasteiger partial charge in [-0.05, 0) is 135 Å². The summed E-state index contributed by atoms with van der Waals surface area (Å²) in [4.78, 5) is 65.9. The van der Waals surface area contributed by atoms with E-state index in [1.165, 1.54) is 22.3 Å². The summed E-state index contributed by atoms with van der Waals surface area (Å²) in [5.41, 5.74) is 5.27. The van der Waals surface area contributed by atoms with Gasteiger partial charge in [-0.2, -0.15) is 0 Å². The van der Waals surface area contributed by atoms with Crippen molar-refractivity contribution in [2.24, 2.45) is 47.3 Å². The second-order valence-electron chi connectivity index (χ2n) is 24.1. The molecule has 6 rings (SSSR count). The highest BCUT2D eigenvalue weighted by atomic mass is 16.5. The van der Waals surface area contributed by atoms with Gasteiger partial charge in [0.05, 0.1) is 46.6 Å². The van der Waals surface area contributed by atoms with Gasteiger partial charge in [-0.25, -0.2) is 0 Å². The first kappa shape index (κ1) is 62.9. The van der Waals surface area contributed by atoms with Crippen LogP contribution in [-0.2, 0) is 36.8 Å². The number of methoxy groups -OCH3 is 5. The number of nitrogens with one attached hydrogen (secondary N) is 1. The third-order valence-electron chi connectivity index (χ3n) is 19.1. The first-order valence-corrected chi connectivity index (χ1v) is 29.7. The van der Waals surface area contributed by atoms with Crippen molar-refractivity contribution < 1.29 is 48.0 Å². The molecule has 4 aliphatic rings. The Bertz CT molecular complexity index is 2310. The molecule has 78 heavy (non-hydrogen) atoms. The van der Waals surface area contributed by atoms with Crippen LogP contribution in [0.25, 0.3) is 0 Å². The molecule has 0 bridgehead atoms. The lowest BCUT2D eigenvalue weighted by atomic mass is 9.72. The Hall–Kier alpha value is -4.28. The molecule has 2 amide bonds. The predicted octanol–water partition coefficient (Wildman–Crippen LogP) is 8.99. The molecule has 2 aromatic carbocycles. The highest BCUT2D eigenvalue weighted by molar-refractivity contribution is 5.90. The zero-order valence-electron chi connectivity index (χ0n) is 50.5. The summed E-state index contributed by atoms with van der Waals surface area (Å²) in [5, 5.41) is 14.2. The number of Topliss-reactive ketones (excluding diaryl/α,β-unsaturated/α-hetero) is 2. The predicted molar refractivity (Wildman–Crippen MR) is 307 cm³/mol. The highest BCUT2D eigenvalue weighted by Crippen LogP contribution is 2.49. The lowest BCUT2D eigenvalue weighted by Crippen LogP contribution is -2.52. The van der Waals surface area contributed by atoms with Gasteiger partial charge in [0.15, 0.2) is 28.8 Å². The van der Waals surface area contributed by atoms with Gasteiger partial charge in [0.2, 0.25) is 11.8 Å². The van der Waals surface area contributed by atoms with Crippen molar-refractivity contribution in [1.82, 2.24) is 24.9 Å². The molecule has 0 radical (unpaired) electrons. The summed E-state index contributed by atoms with van der Waals surface area (Å²) in [6.45, 7) is 20.4. The zero-order valence-corrected chi connectivity index (χ0v) is 50.5. The van der Waals surface area contributed by atoms with Gasteiger partial charge >= 0.3 is 0 Å². The molecule has 2 unspecified atom stereocenters. The minimum absolute atomic E-state index is 0.00918. The number of fused-ring (bicyclic) bond motifs is 4. The molecule has 4 heterocycles. The monoisotopic (exact) mass is 1090 g/mol. The molecule has 2 N–H and O–H groups in total. The number of likely N-dealkylation sites (tertiary alicyclic amines) is 1. The molecule has 438 valence electrons. The van der Waals surface area contributed by atoms with E-state index in [1.54, 1.807) is 54.5 Å². The number of rotatable bonds is 29. The number of carbonyl (C=O) groups excluding carboxylic acids is 4. The van der Waals surface area contributed by atoms with Crippen LogP contribution in [0.2, 0.25) is 0 Å². The molecule has 0 aliphatic carbocycles. The molecule has 15 heteroatoms. The fourth-order valence-corrected chi connectivity index (χ4v) is 14.4. The normalized spacial score (nSPS) is 23.3. The maximum Gasteiger partial charge on any atom is 0.226 e. The van der Waals surface area contributed by atoms with E-state index in [0.717, 1.165) is 94.1 Å². The van der Waals surface area contributed by atoms with Gasteiger partial charge in [0.1, 0.15) is 5.78 Å². The van der Waals surface area contributed by atoms with Crippen LogP contribution in [0, 0.1) is 47.3 Å². The number of ketones is 2. The van der Waals surface area contributed by atoms with E-state index < -0.39 is 29.9 Å². The van der Waals surface area contributed by atoms with E-state index in [2.05, 4.69) is 60.2 Å². The lowest BCUT2D eigenvalue weighted by Gasteiger charge is -2.49. The van der Waals surface area contributed by atoms with Crippen molar-refractivity contribution >= 4 is 23.4 Å². The molecule has 0 saturated carbocycles. The number of nitrogens with zero attached hydrogens (tertiary/aromatic N) is 4.